The Morgan fingerprint density at radius 1 is 1.09 bits per heavy atom. The van der Waals surface area contributed by atoms with Crippen LogP contribution in [0, 0.1) is 0 Å². The zero-order chi connectivity index (χ0) is 16.1. The highest BCUT2D eigenvalue weighted by molar-refractivity contribution is 8.00. The van der Waals surface area contributed by atoms with Gasteiger partial charge in [-0.1, -0.05) is 48.5 Å². The molecule has 0 saturated carbocycles. The summed E-state index contributed by atoms with van der Waals surface area (Å²) in [5, 5.41) is 9.38. The number of benzene rings is 2. The van der Waals surface area contributed by atoms with E-state index in [0.717, 1.165) is 10.5 Å². The number of nitrogens with zero attached hydrogens (tertiary/aromatic N) is 2. The molecule has 0 aliphatic rings. The molecule has 6 heteroatoms. The minimum Gasteiger partial charge on any atom is -0.292 e. The summed E-state index contributed by atoms with van der Waals surface area (Å²) in [4.78, 5) is 17.6. The van der Waals surface area contributed by atoms with Crippen molar-refractivity contribution in [2.75, 3.05) is 5.32 Å². The van der Waals surface area contributed by atoms with Crippen LogP contribution in [0.5, 0.6) is 0 Å². The van der Waals surface area contributed by atoms with Crippen LogP contribution in [0.4, 0.5) is 5.95 Å². The van der Waals surface area contributed by atoms with Crippen LogP contribution in [-0.4, -0.2) is 26.3 Å². The first-order valence-corrected chi connectivity index (χ1v) is 8.11. The van der Waals surface area contributed by atoms with Crippen LogP contribution in [0.25, 0.3) is 11.4 Å². The number of aromatic amines is 1. The SMILES string of the molecule is C[C@H](Sc1ccccc1)C(=O)Nc1n[nH]c(-c2ccccc2)n1. The minimum absolute atomic E-state index is 0.127. The van der Waals surface area contributed by atoms with Gasteiger partial charge in [-0.2, -0.15) is 4.98 Å². The lowest BCUT2D eigenvalue weighted by atomic mass is 10.2. The van der Waals surface area contributed by atoms with Gasteiger partial charge in [-0.15, -0.1) is 16.9 Å². The Bertz CT molecular complexity index is 774. The summed E-state index contributed by atoms with van der Waals surface area (Å²) in [7, 11) is 0. The van der Waals surface area contributed by atoms with Gasteiger partial charge in [0.1, 0.15) is 0 Å². The number of carbonyl (C=O) groups is 1. The van der Waals surface area contributed by atoms with E-state index < -0.39 is 0 Å². The van der Waals surface area contributed by atoms with Gasteiger partial charge in [0.15, 0.2) is 5.82 Å². The molecule has 0 radical (unpaired) electrons. The van der Waals surface area contributed by atoms with Gasteiger partial charge in [0, 0.05) is 10.5 Å². The van der Waals surface area contributed by atoms with Gasteiger partial charge in [0.05, 0.1) is 5.25 Å². The van der Waals surface area contributed by atoms with Gasteiger partial charge in [0.25, 0.3) is 0 Å². The molecule has 0 spiro atoms. The average Bonchev–Trinajstić information content (AvgIpc) is 3.05. The van der Waals surface area contributed by atoms with E-state index in [1.807, 2.05) is 67.6 Å². The van der Waals surface area contributed by atoms with Crippen molar-refractivity contribution in [3.05, 3.63) is 60.7 Å². The molecule has 116 valence electrons. The summed E-state index contributed by atoms with van der Waals surface area (Å²) in [6, 6.07) is 19.5. The van der Waals surface area contributed by atoms with Crippen LogP contribution in [-0.2, 0) is 4.79 Å². The van der Waals surface area contributed by atoms with Crippen LogP contribution in [0.2, 0.25) is 0 Å². The maximum Gasteiger partial charge on any atom is 0.249 e. The lowest BCUT2D eigenvalue weighted by Crippen LogP contribution is -2.23. The van der Waals surface area contributed by atoms with E-state index in [2.05, 4.69) is 20.5 Å². The van der Waals surface area contributed by atoms with E-state index >= 15 is 0 Å². The Morgan fingerprint density at radius 2 is 1.74 bits per heavy atom. The van der Waals surface area contributed by atoms with Gasteiger partial charge >= 0.3 is 0 Å². The van der Waals surface area contributed by atoms with Gasteiger partial charge in [-0.3, -0.25) is 15.2 Å². The second-order valence-corrected chi connectivity index (χ2v) is 6.35. The standard InChI is InChI=1S/C17H16N4OS/c1-12(23-14-10-6-3-7-11-14)16(22)19-17-18-15(20-21-17)13-8-4-2-5-9-13/h2-12H,1H3,(H2,18,19,20,21,22)/t12-/m0/s1. The van der Waals surface area contributed by atoms with E-state index in [0.29, 0.717) is 5.82 Å². The number of hydrogen-bond acceptors (Lipinski definition) is 4. The second-order valence-electron chi connectivity index (χ2n) is 4.94. The number of hydrogen-bond donors (Lipinski definition) is 2. The predicted molar refractivity (Wildman–Crippen MR) is 92.2 cm³/mol. The van der Waals surface area contributed by atoms with Crippen molar-refractivity contribution in [1.82, 2.24) is 15.2 Å². The molecule has 0 fully saturated rings. The van der Waals surface area contributed by atoms with Crippen molar-refractivity contribution in [3.63, 3.8) is 0 Å². The molecule has 5 nitrogen and oxygen atoms in total. The molecule has 1 atom stereocenters. The minimum atomic E-state index is -0.240. The zero-order valence-corrected chi connectivity index (χ0v) is 13.4. The Balaban J connectivity index is 1.63. The Hall–Kier alpha value is -2.60. The van der Waals surface area contributed by atoms with Crippen LogP contribution in [0.3, 0.4) is 0 Å². The molecular weight excluding hydrogens is 308 g/mol. The lowest BCUT2D eigenvalue weighted by molar-refractivity contribution is -0.115. The van der Waals surface area contributed by atoms with Crippen molar-refractivity contribution >= 4 is 23.6 Å². The molecule has 1 aromatic heterocycles. The van der Waals surface area contributed by atoms with E-state index in [1.165, 1.54) is 11.8 Å². The predicted octanol–water partition coefficient (Wildman–Crippen LogP) is 3.59. The molecule has 1 heterocycles. The number of thioether (sulfide) groups is 1. The molecule has 3 rings (SSSR count). The quantitative estimate of drug-likeness (QED) is 0.704. The van der Waals surface area contributed by atoms with Crippen molar-refractivity contribution in [2.24, 2.45) is 0 Å². The average molecular weight is 324 g/mol. The Labute approximate surface area is 138 Å². The van der Waals surface area contributed by atoms with Crippen LogP contribution in [0.1, 0.15) is 6.92 Å². The fourth-order valence-electron chi connectivity index (χ4n) is 2.01. The summed E-state index contributed by atoms with van der Waals surface area (Å²) in [5.41, 5.74) is 0.923. The zero-order valence-electron chi connectivity index (χ0n) is 12.6. The summed E-state index contributed by atoms with van der Waals surface area (Å²) < 4.78 is 0. The molecule has 2 aromatic carbocycles. The highest BCUT2D eigenvalue weighted by Gasteiger charge is 2.16. The topological polar surface area (TPSA) is 70.7 Å². The molecule has 0 bridgehead atoms. The number of amides is 1. The Kier molecular flexibility index (Phi) is 4.73. The van der Waals surface area contributed by atoms with Crippen molar-refractivity contribution in [1.29, 1.82) is 0 Å². The summed E-state index contributed by atoms with van der Waals surface area (Å²) >= 11 is 1.50. The molecule has 1 amide bonds. The van der Waals surface area contributed by atoms with Crippen molar-refractivity contribution in [2.45, 2.75) is 17.1 Å². The number of nitrogens with one attached hydrogen (secondary N) is 2. The normalized spacial score (nSPS) is 11.9. The smallest absolute Gasteiger partial charge is 0.249 e. The summed E-state index contributed by atoms with van der Waals surface area (Å²) in [5.74, 6) is 0.788. The van der Waals surface area contributed by atoms with Gasteiger partial charge in [0.2, 0.25) is 11.9 Å². The first kappa shape index (κ1) is 15.3. The number of rotatable bonds is 5. The van der Waals surface area contributed by atoms with Crippen molar-refractivity contribution < 1.29 is 4.79 Å². The molecule has 2 N–H and O–H groups in total. The molecule has 23 heavy (non-hydrogen) atoms. The molecule has 3 aromatic rings. The molecule has 0 aliphatic heterocycles. The van der Waals surface area contributed by atoms with Gasteiger partial charge in [-0.05, 0) is 19.1 Å². The number of anilines is 1. The van der Waals surface area contributed by atoms with Gasteiger partial charge < -0.3 is 0 Å². The maximum atomic E-state index is 12.2. The third-order valence-electron chi connectivity index (χ3n) is 3.19. The molecule has 0 saturated heterocycles. The van der Waals surface area contributed by atoms with Crippen molar-refractivity contribution in [3.8, 4) is 11.4 Å². The molecule has 0 unspecified atom stereocenters. The molecular formula is C17H16N4OS. The largest absolute Gasteiger partial charge is 0.292 e. The fourth-order valence-corrected chi connectivity index (χ4v) is 2.90. The highest BCUT2D eigenvalue weighted by Crippen LogP contribution is 2.23. The number of carbonyl (C=O) groups excluding carboxylic acids is 1. The first-order chi connectivity index (χ1) is 11.2. The fraction of sp³-hybridized carbons (Fsp3) is 0.118. The van der Waals surface area contributed by atoms with Crippen LogP contribution < -0.4 is 5.32 Å². The number of aromatic nitrogens is 3. The lowest BCUT2D eigenvalue weighted by Gasteiger charge is -2.09. The van der Waals surface area contributed by atoms with E-state index in [9.17, 15) is 4.79 Å². The summed E-state index contributed by atoms with van der Waals surface area (Å²) in [6.45, 7) is 1.86. The monoisotopic (exact) mass is 324 g/mol. The van der Waals surface area contributed by atoms with E-state index in [1.54, 1.807) is 0 Å². The number of H-pyrrole nitrogens is 1. The highest BCUT2D eigenvalue weighted by atomic mass is 32.2. The molecule has 0 aliphatic carbocycles. The van der Waals surface area contributed by atoms with Crippen LogP contribution >= 0.6 is 11.8 Å². The van der Waals surface area contributed by atoms with E-state index in [-0.39, 0.29) is 17.1 Å². The first-order valence-electron chi connectivity index (χ1n) is 7.23. The van der Waals surface area contributed by atoms with Crippen LogP contribution in [0.15, 0.2) is 65.6 Å². The Morgan fingerprint density at radius 3 is 2.43 bits per heavy atom. The van der Waals surface area contributed by atoms with Gasteiger partial charge in [-0.25, -0.2) is 0 Å². The summed E-state index contributed by atoms with van der Waals surface area (Å²) in [6.07, 6.45) is 0. The maximum absolute atomic E-state index is 12.2. The second kappa shape index (κ2) is 7.11. The third-order valence-corrected chi connectivity index (χ3v) is 4.30. The third kappa shape index (κ3) is 3.98. The van der Waals surface area contributed by atoms with E-state index in [4.69, 9.17) is 0 Å².